The summed E-state index contributed by atoms with van der Waals surface area (Å²) in [7, 11) is 0. The Morgan fingerprint density at radius 1 is 1.36 bits per heavy atom. The fourth-order valence-electron chi connectivity index (χ4n) is 1.15. The van der Waals surface area contributed by atoms with Crippen molar-refractivity contribution in [2.45, 2.75) is 6.61 Å². The summed E-state index contributed by atoms with van der Waals surface area (Å²) in [5, 5.41) is 17.6. The van der Waals surface area contributed by atoms with Crippen LogP contribution in [0.1, 0.15) is 26.3 Å². The number of benzene rings is 1. The van der Waals surface area contributed by atoms with E-state index in [9.17, 15) is 9.59 Å². The van der Waals surface area contributed by atoms with Gasteiger partial charge in [0, 0.05) is 11.1 Å². The number of aldehydes is 1. The minimum atomic E-state index is -0.630. The van der Waals surface area contributed by atoms with Gasteiger partial charge in [-0.15, -0.1) is 0 Å². The summed E-state index contributed by atoms with van der Waals surface area (Å²) in [6, 6.07) is 4.36. The Morgan fingerprint density at radius 3 is 2.57 bits per heavy atom. The van der Waals surface area contributed by atoms with E-state index in [4.69, 9.17) is 10.2 Å². The van der Waals surface area contributed by atoms with E-state index < -0.39 is 12.4 Å². The zero-order valence-electron chi connectivity index (χ0n) is 7.43. The molecule has 0 unspecified atom stereocenters. The van der Waals surface area contributed by atoms with Crippen molar-refractivity contribution in [2.24, 2.45) is 0 Å². The lowest BCUT2D eigenvalue weighted by molar-refractivity contribution is 0.0900. The van der Waals surface area contributed by atoms with Gasteiger partial charge in [0.05, 0.1) is 6.61 Å². The molecular formula is C10H10O4. The molecule has 0 saturated heterocycles. The Bertz CT molecular complexity index is 357. The van der Waals surface area contributed by atoms with Crippen molar-refractivity contribution in [1.29, 1.82) is 0 Å². The van der Waals surface area contributed by atoms with Gasteiger partial charge in [-0.25, -0.2) is 0 Å². The van der Waals surface area contributed by atoms with Gasteiger partial charge in [-0.05, 0) is 11.6 Å². The molecule has 1 rings (SSSR count). The SMILES string of the molecule is O=Cc1ccc(CO)c(C(=O)CO)c1. The first-order valence-corrected chi connectivity index (χ1v) is 4.06. The van der Waals surface area contributed by atoms with E-state index in [1.165, 1.54) is 18.2 Å². The van der Waals surface area contributed by atoms with Crippen LogP contribution in [0.3, 0.4) is 0 Å². The van der Waals surface area contributed by atoms with Gasteiger partial charge in [-0.2, -0.15) is 0 Å². The topological polar surface area (TPSA) is 74.6 Å². The second kappa shape index (κ2) is 4.64. The molecule has 0 saturated carbocycles. The van der Waals surface area contributed by atoms with Gasteiger partial charge < -0.3 is 10.2 Å². The highest BCUT2D eigenvalue weighted by Crippen LogP contribution is 2.12. The van der Waals surface area contributed by atoms with Gasteiger partial charge in [0.15, 0.2) is 5.78 Å². The normalized spacial score (nSPS) is 9.86. The molecule has 0 spiro atoms. The smallest absolute Gasteiger partial charge is 0.188 e. The van der Waals surface area contributed by atoms with Gasteiger partial charge in [-0.1, -0.05) is 12.1 Å². The zero-order valence-corrected chi connectivity index (χ0v) is 7.43. The van der Waals surface area contributed by atoms with E-state index in [0.29, 0.717) is 17.4 Å². The summed E-state index contributed by atoms with van der Waals surface area (Å²) < 4.78 is 0. The van der Waals surface area contributed by atoms with E-state index in [2.05, 4.69) is 0 Å². The Kier molecular flexibility index (Phi) is 3.50. The number of carbonyl (C=O) groups excluding carboxylic acids is 2. The number of aliphatic hydroxyl groups is 2. The number of Topliss-reactive ketones (excluding diaryl/α,β-unsaturated/α-hetero) is 1. The van der Waals surface area contributed by atoms with Crippen molar-refractivity contribution in [3.05, 3.63) is 34.9 Å². The van der Waals surface area contributed by atoms with Crippen molar-refractivity contribution in [1.82, 2.24) is 0 Å². The minimum absolute atomic E-state index is 0.194. The number of rotatable bonds is 4. The third-order valence-electron chi connectivity index (χ3n) is 1.88. The quantitative estimate of drug-likeness (QED) is 0.529. The standard InChI is InChI=1S/C10H10O4/c11-4-7-1-2-8(5-12)9(3-7)10(14)6-13/h1-4,12-13H,5-6H2. The van der Waals surface area contributed by atoms with Crippen LogP contribution in [0.4, 0.5) is 0 Å². The number of hydrogen-bond acceptors (Lipinski definition) is 4. The van der Waals surface area contributed by atoms with Gasteiger partial charge in [0.1, 0.15) is 12.9 Å². The molecule has 74 valence electrons. The zero-order chi connectivity index (χ0) is 10.6. The molecule has 0 atom stereocenters. The van der Waals surface area contributed by atoms with Crippen LogP contribution in [0.15, 0.2) is 18.2 Å². The predicted octanol–water partition coefficient (Wildman–Crippen LogP) is 0.166. The highest BCUT2D eigenvalue weighted by Gasteiger charge is 2.10. The molecule has 4 nitrogen and oxygen atoms in total. The summed E-state index contributed by atoms with van der Waals surface area (Å²) in [4.78, 5) is 21.6. The average Bonchev–Trinajstić information content (AvgIpc) is 2.27. The highest BCUT2D eigenvalue weighted by atomic mass is 16.3. The van der Waals surface area contributed by atoms with Crippen LogP contribution < -0.4 is 0 Å². The van der Waals surface area contributed by atoms with Crippen molar-refractivity contribution < 1.29 is 19.8 Å². The highest BCUT2D eigenvalue weighted by molar-refractivity contribution is 5.99. The number of carbonyl (C=O) groups is 2. The molecule has 0 aliphatic carbocycles. The summed E-state index contributed by atoms with van der Waals surface area (Å²) in [5.41, 5.74) is 0.952. The lowest BCUT2D eigenvalue weighted by Gasteiger charge is -2.04. The Balaban J connectivity index is 3.21. The fourth-order valence-corrected chi connectivity index (χ4v) is 1.15. The van der Waals surface area contributed by atoms with Crippen LogP contribution in [0.25, 0.3) is 0 Å². The summed E-state index contributed by atoms with van der Waals surface area (Å²) in [5.74, 6) is -0.502. The summed E-state index contributed by atoms with van der Waals surface area (Å²) in [6.45, 7) is -0.921. The van der Waals surface area contributed by atoms with E-state index >= 15 is 0 Å². The Labute approximate surface area is 80.8 Å². The Morgan fingerprint density at radius 2 is 2.07 bits per heavy atom. The molecular weight excluding hydrogens is 184 g/mol. The van der Waals surface area contributed by atoms with Gasteiger partial charge in [0.2, 0.25) is 0 Å². The Hall–Kier alpha value is -1.52. The molecule has 0 bridgehead atoms. The van der Waals surface area contributed by atoms with E-state index in [-0.39, 0.29) is 12.2 Å². The van der Waals surface area contributed by atoms with Gasteiger partial charge in [-0.3, -0.25) is 9.59 Å². The number of hydrogen-bond donors (Lipinski definition) is 2. The minimum Gasteiger partial charge on any atom is -0.392 e. The van der Waals surface area contributed by atoms with E-state index in [1.807, 2.05) is 0 Å². The lowest BCUT2D eigenvalue weighted by atomic mass is 10.0. The van der Waals surface area contributed by atoms with Crippen LogP contribution in [-0.2, 0) is 6.61 Å². The lowest BCUT2D eigenvalue weighted by Crippen LogP contribution is -2.08. The molecule has 0 aliphatic rings. The second-order valence-corrected chi connectivity index (χ2v) is 2.77. The summed E-state index contributed by atoms with van der Waals surface area (Å²) in [6.07, 6.45) is 0.606. The number of aliphatic hydroxyl groups excluding tert-OH is 2. The van der Waals surface area contributed by atoms with Crippen LogP contribution in [0.5, 0.6) is 0 Å². The molecule has 0 heterocycles. The summed E-state index contributed by atoms with van der Waals surface area (Å²) >= 11 is 0. The van der Waals surface area contributed by atoms with Crippen LogP contribution >= 0.6 is 0 Å². The third-order valence-corrected chi connectivity index (χ3v) is 1.88. The fraction of sp³-hybridized carbons (Fsp3) is 0.200. The molecule has 1 aromatic rings. The molecule has 14 heavy (non-hydrogen) atoms. The first-order valence-electron chi connectivity index (χ1n) is 4.06. The van der Waals surface area contributed by atoms with Crippen molar-refractivity contribution >= 4 is 12.1 Å². The van der Waals surface area contributed by atoms with Crippen LogP contribution in [0.2, 0.25) is 0 Å². The first-order chi connectivity index (χ1) is 6.72. The van der Waals surface area contributed by atoms with Crippen LogP contribution in [-0.4, -0.2) is 28.9 Å². The number of ketones is 1. The van der Waals surface area contributed by atoms with Crippen molar-refractivity contribution in [3.63, 3.8) is 0 Å². The average molecular weight is 194 g/mol. The molecule has 0 radical (unpaired) electrons. The maximum atomic E-state index is 11.2. The second-order valence-electron chi connectivity index (χ2n) is 2.77. The molecule has 0 amide bonds. The van der Waals surface area contributed by atoms with Gasteiger partial charge in [0.25, 0.3) is 0 Å². The molecule has 2 N–H and O–H groups in total. The van der Waals surface area contributed by atoms with E-state index in [0.717, 1.165) is 0 Å². The maximum Gasteiger partial charge on any atom is 0.188 e. The third kappa shape index (κ3) is 2.04. The molecule has 0 aliphatic heterocycles. The van der Waals surface area contributed by atoms with Crippen molar-refractivity contribution in [3.8, 4) is 0 Å². The first kappa shape index (κ1) is 10.6. The predicted molar refractivity (Wildman–Crippen MR) is 49.2 cm³/mol. The molecule has 0 fully saturated rings. The monoisotopic (exact) mass is 194 g/mol. The van der Waals surface area contributed by atoms with Gasteiger partial charge >= 0.3 is 0 Å². The largest absolute Gasteiger partial charge is 0.392 e. The molecule has 0 aromatic heterocycles. The molecule has 4 heteroatoms. The van der Waals surface area contributed by atoms with E-state index in [1.54, 1.807) is 0 Å². The maximum absolute atomic E-state index is 11.2. The van der Waals surface area contributed by atoms with Crippen LogP contribution in [0, 0.1) is 0 Å². The van der Waals surface area contributed by atoms with Crippen molar-refractivity contribution in [2.75, 3.05) is 6.61 Å². The molecule has 1 aromatic carbocycles.